The number of azide groups is 1. The third-order valence-corrected chi connectivity index (χ3v) is 4.64. The van der Waals surface area contributed by atoms with Gasteiger partial charge < -0.3 is 10.5 Å². The third kappa shape index (κ3) is 5.84. The zero-order valence-corrected chi connectivity index (χ0v) is 16.6. The van der Waals surface area contributed by atoms with Crippen molar-refractivity contribution in [3.8, 4) is 11.1 Å². The quantitative estimate of drug-likeness (QED) is 0.269. The van der Waals surface area contributed by atoms with E-state index in [1.807, 2.05) is 0 Å². The molecule has 0 unspecified atom stereocenters. The summed E-state index contributed by atoms with van der Waals surface area (Å²) in [5.41, 5.74) is 16.4. The van der Waals surface area contributed by atoms with Gasteiger partial charge in [-0.2, -0.15) is 0 Å². The van der Waals surface area contributed by atoms with Crippen LogP contribution in [0.25, 0.3) is 21.6 Å². The Labute approximate surface area is 172 Å². The zero-order chi connectivity index (χ0) is 20.7. The van der Waals surface area contributed by atoms with Crippen LogP contribution >= 0.6 is 23.2 Å². The Balaban J connectivity index is 2.14. The number of ether oxygens (including phenoxy) is 1. The Morgan fingerprint density at radius 1 is 1.32 bits per heavy atom. The van der Waals surface area contributed by atoms with Crippen molar-refractivity contribution >= 4 is 29.2 Å². The fourth-order valence-corrected chi connectivity index (χ4v) is 3.17. The van der Waals surface area contributed by atoms with Gasteiger partial charge in [0.2, 0.25) is 0 Å². The van der Waals surface area contributed by atoms with Gasteiger partial charge in [0.05, 0.1) is 6.61 Å². The fourth-order valence-electron chi connectivity index (χ4n) is 2.74. The molecule has 2 N–H and O–H groups in total. The van der Waals surface area contributed by atoms with Crippen LogP contribution in [0.4, 0.5) is 4.39 Å². The number of nitrogens with two attached hydrogens (primary N) is 1. The van der Waals surface area contributed by atoms with Crippen molar-refractivity contribution in [1.82, 2.24) is 0 Å². The Bertz CT molecular complexity index is 903. The van der Waals surface area contributed by atoms with Crippen molar-refractivity contribution in [3.63, 3.8) is 0 Å². The Morgan fingerprint density at radius 3 is 2.71 bits per heavy atom. The van der Waals surface area contributed by atoms with Crippen molar-refractivity contribution in [3.05, 3.63) is 68.3 Å². The zero-order valence-electron chi connectivity index (χ0n) is 15.1. The van der Waals surface area contributed by atoms with E-state index in [-0.39, 0.29) is 13.0 Å². The SMILES string of the molecule is CCOC(=O)[C@@H](C[C@H](N)Cc1ccc(-c2cc(Cl)ccc2F)cc1Cl)N=[N+]=[N-]. The summed E-state index contributed by atoms with van der Waals surface area (Å²) >= 11 is 12.3. The van der Waals surface area contributed by atoms with E-state index in [1.165, 1.54) is 18.2 Å². The molecule has 28 heavy (non-hydrogen) atoms. The number of carbonyl (C=O) groups excluding carboxylic acids is 1. The molecule has 0 bridgehead atoms. The van der Waals surface area contributed by atoms with Crippen molar-refractivity contribution in [2.24, 2.45) is 10.8 Å². The summed E-state index contributed by atoms with van der Waals surface area (Å²) in [7, 11) is 0. The van der Waals surface area contributed by atoms with Gasteiger partial charge in [0.1, 0.15) is 11.9 Å². The fraction of sp³-hybridized carbons (Fsp3) is 0.316. The van der Waals surface area contributed by atoms with Crippen molar-refractivity contribution < 1.29 is 13.9 Å². The first-order valence-corrected chi connectivity index (χ1v) is 9.31. The monoisotopic (exact) mass is 424 g/mol. The van der Waals surface area contributed by atoms with Gasteiger partial charge in [-0.15, -0.1) is 0 Å². The maximum Gasteiger partial charge on any atom is 0.314 e. The summed E-state index contributed by atoms with van der Waals surface area (Å²) in [5.74, 6) is -1.02. The molecule has 2 aromatic rings. The highest BCUT2D eigenvalue weighted by Crippen LogP contribution is 2.30. The first-order valence-electron chi connectivity index (χ1n) is 8.56. The molecule has 148 valence electrons. The van der Waals surface area contributed by atoms with E-state index in [4.69, 9.17) is 39.2 Å². The predicted octanol–water partition coefficient (Wildman–Crippen LogP) is 5.30. The molecule has 0 fully saturated rings. The summed E-state index contributed by atoms with van der Waals surface area (Å²) in [4.78, 5) is 14.5. The lowest BCUT2D eigenvalue weighted by molar-refractivity contribution is -0.144. The second-order valence-corrected chi connectivity index (χ2v) is 6.95. The minimum Gasteiger partial charge on any atom is -0.466 e. The smallest absolute Gasteiger partial charge is 0.314 e. The molecular weight excluding hydrogens is 406 g/mol. The van der Waals surface area contributed by atoms with Crippen LogP contribution in [0.2, 0.25) is 10.0 Å². The molecule has 0 heterocycles. The second-order valence-electron chi connectivity index (χ2n) is 6.10. The summed E-state index contributed by atoms with van der Waals surface area (Å²) < 4.78 is 18.9. The molecule has 0 aliphatic rings. The number of esters is 1. The summed E-state index contributed by atoms with van der Waals surface area (Å²) in [5, 5.41) is 4.28. The van der Waals surface area contributed by atoms with Gasteiger partial charge in [-0.1, -0.05) is 40.4 Å². The highest BCUT2D eigenvalue weighted by atomic mass is 35.5. The molecule has 0 aliphatic carbocycles. The van der Waals surface area contributed by atoms with Gasteiger partial charge in [-0.25, -0.2) is 4.39 Å². The highest BCUT2D eigenvalue weighted by molar-refractivity contribution is 6.32. The number of nitrogens with zero attached hydrogens (tertiary/aromatic N) is 3. The lowest BCUT2D eigenvalue weighted by Gasteiger charge is -2.17. The van der Waals surface area contributed by atoms with E-state index in [1.54, 1.807) is 25.1 Å². The number of rotatable bonds is 8. The molecule has 2 atom stereocenters. The summed E-state index contributed by atoms with van der Waals surface area (Å²) in [6.07, 6.45) is 0.456. The van der Waals surface area contributed by atoms with Crippen LogP contribution in [-0.2, 0) is 16.0 Å². The van der Waals surface area contributed by atoms with Gasteiger partial charge >= 0.3 is 5.97 Å². The first-order chi connectivity index (χ1) is 13.3. The molecular formula is C19H19Cl2FN4O2. The molecule has 2 aromatic carbocycles. The van der Waals surface area contributed by atoms with E-state index in [0.717, 1.165) is 5.56 Å². The molecule has 0 spiro atoms. The molecule has 2 rings (SSSR count). The van der Waals surface area contributed by atoms with Crippen LogP contribution in [0.1, 0.15) is 18.9 Å². The van der Waals surface area contributed by atoms with Crippen LogP contribution in [-0.4, -0.2) is 24.7 Å². The second kappa shape index (κ2) is 10.3. The standard InChI is InChI=1S/C19H19Cl2FN4O2/c1-2-28-19(27)18(25-26-24)10-14(23)7-12-4-3-11(8-16(12)21)15-9-13(20)5-6-17(15)22/h3-6,8-9,14,18H,2,7,10,23H2,1H3/t14-,18-/m1/s1. The molecule has 0 radical (unpaired) electrons. The van der Waals surface area contributed by atoms with Crippen molar-refractivity contribution in [1.29, 1.82) is 0 Å². The van der Waals surface area contributed by atoms with E-state index >= 15 is 0 Å². The largest absolute Gasteiger partial charge is 0.466 e. The molecule has 9 heteroatoms. The van der Waals surface area contributed by atoms with E-state index < -0.39 is 23.9 Å². The van der Waals surface area contributed by atoms with E-state index in [2.05, 4.69) is 10.0 Å². The molecule has 6 nitrogen and oxygen atoms in total. The number of benzene rings is 2. The van der Waals surface area contributed by atoms with E-state index in [9.17, 15) is 9.18 Å². The number of carbonyl (C=O) groups is 1. The average molecular weight is 425 g/mol. The minimum atomic E-state index is -1.00. The predicted molar refractivity (Wildman–Crippen MR) is 108 cm³/mol. The van der Waals surface area contributed by atoms with Gasteiger partial charge in [0, 0.05) is 26.6 Å². The van der Waals surface area contributed by atoms with Crippen LogP contribution in [0.5, 0.6) is 0 Å². The van der Waals surface area contributed by atoms with Gasteiger partial charge in [-0.3, -0.25) is 4.79 Å². The third-order valence-electron chi connectivity index (χ3n) is 4.05. The lowest BCUT2D eigenvalue weighted by atomic mass is 9.97. The van der Waals surface area contributed by atoms with Crippen molar-refractivity contribution in [2.45, 2.75) is 31.8 Å². The first kappa shape index (κ1) is 22.0. The topological polar surface area (TPSA) is 101 Å². The molecule has 0 saturated heterocycles. The lowest BCUT2D eigenvalue weighted by Crippen LogP contribution is -2.32. The number of halogens is 3. The molecule has 0 saturated carbocycles. The van der Waals surface area contributed by atoms with Gasteiger partial charge in [-0.05, 0) is 60.7 Å². The van der Waals surface area contributed by atoms with Crippen LogP contribution in [0, 0.1) is 5.82 Å². The summed E-state index contributed by atoms with van der Waals surface area (Å²) in [6.45, 7) is 1.84. The molecule has 0 aromatic heterocycles. The minimum absolute atomic E-state index is 0.115. The normalized spacial score (nSPS) is 12.8. The van der Waals surface area contributed by atoms with Crippen molar-refractivity contribution in [2.75, 3.05) is 6.61 Å². The Kier molecular flexibility index (Phi) is 8.08. The highest BCUT2D eigenvalue weighted by Gasteiger charge is 2.22. The summed E-state index contributed by atoms with van der Waals surface area (Å²) in [6, 6.07) is 7.89. The molecule has 0 aliphatic heterocycles. The number of hydrogen-bond donors (Lipinski definition) is 1. The Morgan fingerprint density at radius 2 is 2.07 bits per heavy atom. The Hall–Kier alpha value is -2.31. The van der Waals surface area contributed by atoms with Gasteiger partial charge in [0.25, 0.3) is 0 Å². The van der Waals surface area contributed by atoms with Crippen LogP contribution in [0.15, 0.2) is 41.5 Å². The van der Waals surface area contributed by atoms with E-state index in [0.29, 0.717) is 27.6 Å². The maximum absolute atomic E-state index is 14.0. The number of hydrogen-bond acceptors (Lipinski definition) is 4. The molecule has 0 amide bonds. The maximum atomic E-state index is 14.0. The van der Waals surface area contributed by atoms with Gasteiger partial charge in [0.15, 0.2) is 0 Å². The van der Waals surface area contributed by atoms with Crippen LogP contribution in [0.3, 0.4) is 0 Å². The van der Waals surface area contributed by atoms with Crippen LogP contribution < -0.4 is 5.73 Å². The average Bonchev–Trinajstić information content (AvgIpc) is 2.65.